The molecule has 1 aliphatic carbocycles. The van der Waals surface area contributed by atoms with Gasteiger partial charge in [-0.2, -0.15) is 10.4 Å². The van der Waals surface area contributed by atoms with Crippen molar-refractivity contribution < 1.29 is 9.18 Å². The number of benzene rings is 1. The van der Waals surface area contributed by atoms with E-state index in [0.29, 0.717) is 23.7 Å². The maximum atomic E-state index is 13.1. The van der Waals surface area contributed by atoms with Gasteiger partial charge < -0.3 is 11.1 Å². The van der Waals surface area contributed by atoms with Gasteiger partial charge in [-0.3, -0.25) is 9.48 Å². The molecule has 3 N–H and O–H groups in total. The molecule has 1 saturated carbocycles. The summed E-state index contributed by atoms with van der Waals surface area (Å²) >= 11 is 0. The Labute approximate surface area is 151 Å². The summed E-state index contributed by atoms with van der Waals surface area (Å²) in [4.78, 5) is 11.9. The highest BCUT2D eigenvalue weighted by Crippen LogP contribution is 2.34. The monoisotopic (exact) mass is 355 g/mol. The van der Waals surface area contributed by atoms with Crippen LogP contribution in [0.15, 0.2) is 30.5 Å². The average molecular weight is 355 g/mol. The van der Waals surface area contributed by atoms with Crippen LogP contribution in [0.1, 0.15) is 46.9 Å². The van der Waals surface area contributed by atoms with Crippen LogP contribution < -0.4 is 11.1 Å². The third kappa shape index (κ3) is 3.75. The molecule has 0 radical (unpaired) electrons. The fourth-order valence-corrected chi connectivity index (χ4v) is 3.58. The normalized spacial score (nSPS) is 22.7. The minimum absolute atomic E-state index is 0.105. The molecule has 0 saturated heterocycles. The van der Waals surface area contributed by atoms with Crippen LogP contribution in [0.4, 0.5) is 4.39 Å². The Morgan fingerprint density at radius 1 is 1.42 bits per heavy atom. The van der Waals surface area contributed by atoms with E-state index >= 15 is 0 Å². The summed E-state index contributed by atoms with van der Waals surface area (Å²) in [5, 5.41) is 17.3. The Bertz CT molecular complexity index is 823. The van der Waals surface area contributed by atoms with Crippen LogP contribution in [0.3, 0.4) is 0 Å². The Balaban J connectivity index is 1.92. The molecular weight excluding hydrogens is 333 g/mol. The van der Waals surface area contributed by atoms with Crippen molar-refractivity contribution in [3.05, 3.63) is 53.1 Å². The molecule has 136 valence electrons. The zero-order valence-electron chi connectivity index (χ0n) is 14.7. The molecule has 1 amide bonds. The van der Waals surface area contributed by atoms with Gasteiger partial charge in [0.1, 0.15) is 5.82 Å². The fraction of sp³-hybridized carbons (Fsp3) is 0.421. The number of aromatic nitrogens is 2. The average Bonchev–Trinajstić information content (AvgIpc) is 3.07. The first-order valence-electron chi connectivity index (χ1n) is 8.71. The van der Waals surface area contributed by atoms with Gasteiger partial charge in [0.2, 0.25) is 0 Å². The Kier molecular flexibility index (Phi) is 5.33. The predicted molar refractivity (Wildman–Crippen MR) is 94.8 cm³/mol. The van der Waals surface area contributed by atoms with Gasteiger partial charge in [0, 0.05) is 18.7 Å². The van der Waals surface area contributed by atoms with Gasteiger partial charge >= 0.3 is 0 Å². The van der Waals surface area contributed by atoms with E-state index in [9.17, 15) is 14.4 Å². The number of primary amides is 1. The fourth-order valence-electron chi connectivity index (χ4n) is 3.58. The zero-order chi connectivity index (χ0) is 18.7. The largest absolute Gasteiger partial charge is 0.365 e. The van der Waals surface area contributed by atoms with E-state index in [0.717, 1.165) is 24.8 Å². The number of halogens is 1. The molecule has 2 aromatic rings. The quantitative estimate of drug-likeness (QED) is 0.859. The van der Waals surface area contributed by atoms with Gasteiger partial charge in [0.05, 0.1) is 29.3 Å². The summed E-state index contributed by atoms with van der Waals surface area (Å²) in [5.41, 5.74) is 7.26. The number of carbonyl (C=O) groups is 1. The number of amides is 1. The number of nitrogens with zero attached hydrogens (tertiary/aromatic N) is 3. The predicted octanol–water partition coefficient (Wildman–Crippen LogP) is 2.16. The van der Waals surface area contributed by atoms with Gasteiger partial charge in [0.15, 0.2) is 0 Å². The summed E-state index contributed by atoms with van der Waals surface area (Å²) in [7, 11) is 1.91. The summed E-state index contributed by atoms with van der Waals surface area (Å²) < 4.78 is 14.8. The first-order valence-corrected chi connectivity index (χ1v) is 8.71. The van der Waals surface area contributed by atoms with Crippen molar-refractivity contribution in [2.24, 2.45) is 11.7 Å². The molecule has 6 nitrogen and oxygen atoms in total. The molecule has 3 atom stereocenters. The van der Waals surface area contributed by atoms with Crippen molar-refractivity contribution >= 4 is 5.91 Å². The molecule has 0 unspecified atom stereocenters. The second kappa shape index (κ2) is 7.67. The van der Waals surface area contributed by atoms with E-state index in [1.54, 1.807) is 23.0 Å². The molecule has 0 aliphatic heterocycles. The van der Waals surface area contributed by atoms with Gasteiger partial charge in [0.25, 0.3) is 5.91 Å². The lowest BCUT2D eigenvalue weighted by Gasteiger charge is -2.32. The molecule has 26 heavy (non-hydrogen) atoms. The lowest BCUT2D eigenvalue weighted by Crippen LogP contribution is -2.36. The van der Waals surface area contributed by atoms with Crippen molar-refractivity contribution in [2.45, 2.75) is 37.8 Å². The van der Waals surface area contributed by atoms with E-state index in [1.165, 1.54) is 12.1 Å². The second-order valence-electron chi connectivity index (χ2n) is 6.74. The first-order chi connectivity index (χ1) is 12.5. The van der Waals surface area contributed by atoms with Crippen LogP contribution in [-0.2, 0) is 6.42 Å². The first kappa shape index (κ1) is 18.1. The number of carbonyl (C=O) groups excluding carboxylic acids is 1. The molecule has 1 fully saturated rings. The van der Waals surface area contributed by atoms with Crippen molar-refractivity contribution in [2.75, 3.05) is 7.05 Å². The number of hydrogen-bond acceptors (Lipinski definition) is 4. The Morgan fingerprint density at radius 2 is 2.15 bits per heavy atom. The van der Waals surface area contributed by atoms with Crippen molar-refractivity contribution in [1.82, 2.24) is 15.1 Å². The van der Waals surface area contributed by atoms with Gasteiger partial charge in [-0.25, -0.2) is 4.39 Å². The summed E-state index contributed by atoms with van der Waals surface area (Å²) in [6.45, 7) is 0. The van der Waals surface area contributed by atoms with Gasteiger partial charge in [-0.15, -0.1) is 0 Å². The minimum Gasteiger partial charge on any atom is -0.365 e. The summed E-state index contributed by atoms with van der Waals surface area (Å²) in [6.07, 6.45) is 4.52. The number of rotatable bonds is 5. The lowest BCUT2D eigenvalue weighted by molar-refractivity contribution is 0.0999. The standard InChI is InChI=1S/C19H22FN5O/c1-23-15-7-4-13(10-21)18(9-15)25-11-16(19(22)26)17(24-25)8-12-2-5-14(20)6-3-12/h2-3,5-6,11,13,15,18,23H,4,7-9H2,1H3,(H2,22,26)/t13-,15-,18+/m1/s1. The Hall–Kier alpha value is -2.72. The highest BCUT2D eigenvalue weighted by molar-refractivity contribution is 5.93. The molecule has 7 heteroatoms. The number of nitrogens with one attached hydrogen (secondary N) is 1. The van der Waals surface area contributed by atoms with Crippen LogP contribution >= 0.6 is 0 Å². The molecule has 3 rings (SSSR count). The molecule has 0 spiro atoms. The van der Waals surface area contributed by atoms with E-state index in [4.69, 9.17) is 5.73 Å². The van der Waals surface area contributed by atoms with Gasteiger partial charge in [-0.1, -0.05) is 12.1 Å². The van der Waals surface area contributed by atoms with Crippen molar-refractivity contribution in [3.63, 3.8) is 0 Å². The van der Waals surface area contributed by atoms with Crippen LogP contribution in [0.25, 0.3) is 0 Å². The maximum absolute atomic E-state index is 13.1. The third-order valence-electron chi connectivity index (χ3n) is 5.09. The molecular formula is C19H22FN5O. The number of nitriles is 1. The number of hydrogen-bond donors (Lipinski definition) is 2. The second-order valence-corrected chi connectivity index (χ2v) is 6.74. The lowest BCUT2D eigenvalue weighted by atomic mass is 9.82. The minimum atomic E-state index is -0.553. The maximum Gasteiger partial charge on any atom is 0.252 e. The van der Waals surface area contributed by atoms with Crippen molar-refractivity contribution in [1.29, 1.82) is 5.26 Å². The zero-order valence-corrected chi connectivity index (χ0v) is 14.7. The molecule has 1 heterocycles. The van der Waals surface area contributed by atoms with Crippen LogP contribution in [0, 0.1) is 23.1 Å². The smallest absolute Gasteiger partial charge is 0.252 e. The van der Waals surface area contributed by atoms with E-state index in [-0.39, 0.29) is 17.8 Å². The van der Waals surface area contributed by atoms with Crippen LogP contribution in [-0.4, -0.2) is 28.8 Å². The van der Waals surface area contributed by atoms with Crippen LogP contribution in [0.5, 0.6) is 0 Å². The highest BCUT2D eigenvalue weighted by Gasteiger charge is 2.32. The SMILES string of the molecule is CN[C@@H]1CC[C@H](C#N)[C@@H](n2cc(C(N)=O)c(Cc3ccc(F)cc3)n2)C1. The van der Waals surface area contributed by atoms with Crippen LogP contribution in [0.2, 0.25) is 0 Å². The third-order valence-corrected chi connectivity index (χ3v) is 5.09. The molecule has 1 aromatic heterocycles. The molecule has 1 aromatic carbocycles. The van der Waals surface area contributed by atoms with E-state index in [1.807, 2.05) is 7.05 Å². The molecule has 1 aliphatic rings. The Morgan fingerprint density at radius 3 is 2.77 bits per heavy atom. The van der Waals surface area contributed by atoms with Gasteiger partial charge in [-0.05, 0) is 44.0 Å². The molecule has 0 bridgehead atoms. The topological polar surface area (TPSA) is 96.7 Å². The summed E-state index contributed by atoms with van der Waals surface area (Å²) in [6, 6.07) is 8.65. The summed E-state index contributed by atoms with van der Waals surface area (Å²) in [5.74, 6) is -1.02. The van der Waals surface area contributed by atoms with E-state index in [2.05, 4.69) is 16.5 Å². The van der Waals surface area contributed by atoms with E-state index < -0.39 is 5.91 Å². The van der Waals surface area contributed by atoms with Crippen molar-refractivity contribution in [3.8, 4) is 6.07 Å². The highest BCUT2D eigenvalue weighted by atomic mass is 19.1. The number of nitrogens with two attached hydrogens (primary N) is 1.